The van der Waals surface area contributed by atoms with Gasteiger partial charge in [0.2, 0.25) is 0 Å². The normalized spacial score (nSPS) is 18.6. The fourth-order valence-electron chi connectivity index (χ4n) is 5.89. The van der Waals surface area contributed by atoms with Crippen molar-refractivity contribution in [2.75, 3.05) is 49.5 Å². The Labute approximate surface area is 246 Å². The summed E-state index contributed by atoms with van der Waals surface area (Å²) in [7, 11) is 0. The van der Waals surface area contributed by atoms with Crippen molar-refractivity contribution in [3.63, 3.8) is 0 Å². The van der Waals surface area contributed by atoms with Crippen LogP contribution in [0.5, 0.6) is 0 Å². The number of pyridine rings is 1. The van der Waals surface area contributed by atoms with Crippen molar-refractivity contribution in [2.24, 2.45) is 11.8 Å². The molecule has 2 atom stereocenters. The van der Waals surface area contributed by atoms with Gasteiger partial charge in [-0.25, -0.2) is 4.79 Å². The molecule has 7 nitrogen and oxygen atoms in total. The number of anilines is 2. The highest BCUT2D eigenvalue weighted by Crippen LogP contribution is 2.33. The SMILES string of the molecule is Cc1ccc(N(CCCN2CC3CN(C(=O)c4c(C)ccnc4C)CC3C2)C(=O)Nc2ccc(Cl)cc2)cc1Cl. The Morgan fingerprint density at radius 1 is 0.950 bits per heavy atom. The Bertz CT molecular complexity index is 1360. The highest BCUT2D eigenvalue weighted by molar-refractivity contribution is 6.31. The second-order valence-corrected chi connectivity index (χ2v) is 11.8. The molecule has 3 amide bonds. The van der Waals surface area contributed by atoms with Crippen molar-refractivity contribution < 1.29 is 9.59 Å². The Morgan fingerprint density at radius 2 is 1.65 bits per heavy atom. The van der Waals surface area contributed by atoms with Crippen LogP contribution in [0.3, 0.4) is 0 Å². The Balaban J connectivity index is 1.18. The number of likely N-dealkylation sites (tertiary alicyclic amines) is 2. The van der Waals surface area contributed by atoms with Gasteiger partial charge in [-0.1, -0.05) is 29.3 Å². The van der Waals surface area contributed by atoms with Crippen LogP contribution >= 0.6 is 23.2 Å². The number of rotatable bonds is 7. The average Bonchev–Trinajstić information content (AvgIpc) is 3.49. The lowest BCUT2D eigenvalue weighted by atomic mass is 10.0. The summed E-state index contributed by atoms with van der Waals surface area (Å²) in [6.45, 7) is 10.8. The minimum atomic E-state index is -0.212. The number of nitrogens with zero attached hydrogens (tertiary/aromatic N) is 4. The highest BCUT2D eigenvalue weighted by atomic mass is 35.5. The van der Waals surface area contributed by atoms with E-state index >= 15 is 0 Å². The minimum absolute atomic E-state index is 0.100. The molecule has 2 aliphatic rings. The first kappa shape index (κ1) is 28.4. The van der Waals surface area contributed by atoms with Gasteiger partial charge in [0.25, 0.3) is 5.91 Å². The number of fused-ring (bicyclic) bond motifs is 1. The van der Waals surface area contributed by atoms with Crippen molar-refractivity contribution in [1.29, 1.82) is 0 Å². The van der Waals surface area contributed by atoms with Gasteiger partial charge in [-0.2, -0.15) is 0 Å². The lowest BCUT2D eigenvalue weighted by Crippen LogP contribution is -2.38. The lowest BCUT2D eigenvalue weighted by Gasteiger charge is -2.26. The smallest absolute Gasteiger partial charge is 0.326 e. The zero-order valence-corrected chi connectivity index (χ0v) is 24.7. The second kappa shape index (κ2) is 12.2. The topological polar surface area (TPSA) is 68.8 Å². The summed E-state index contributed by atoms with van der Waals surface area (Å²) in [4.78, 5) is 37.1. The molecule has 0 aliphatic carbocycles. The predicted octanol–water partition coefficient (Wildman–Crippen LogP) is 6.45. The van der Waals surface area contributed by atoms with Crippen molar-refractivity contribution in [2.45, 2.75) is 27.2 Å². The molecule has 2 aliphatic heterocycles. The summed E-state index contributed by atoms with van der Waals surface area (Å²) in [6.07, 6.45) is 2.57. The number of nitrogens with one attached hydrogen (secondary N) is 1. The summed E-state index contributed by atoms with van der Waals surface area (Å²) in [5.74, 6) is 1.05. The molecular formula is C31H35Cl2N5O2. The van der Waals surface area contributed by atoms with Gasteiger partial charge in [0.15, 0.2) is 0 Å². The van der Waals surface area contributed by atoms with Gasteiger partial charge >= 0.3 is 6.03 Å². The molecule has 3 heterocycles. The maximum atomic E-state index is 13.3. The van der Waals surface area contributed by atoms with Crippen LogP contribution < -0.4 is 10.2 Å². The van der Waals surface area contributed by atoms with E-state index in [1.807, 2.05) is 49.9 Å². The molecule has 2 fully saturated rings. The maximum absolute atomic E-state index is 13.3. The van der Waals surface area contributed by atoms with Crippen molar-refractivity contribution >= 4 is 46.5 Å². The van der Waals surface area contributed by atoms with E-state index in [1.54, 1.807) is 35.4 Å². The molecule has 2 unspecified atom stereocenters. The number of hydrogen-bond acceptors (Lipinski definition) is 4. The first-order valence-corrected chi connectivity index (χ1v) is 14.5. The third kappa shape index (κ3) is 6.27. The molecule has 1 N–H and O–H groups in total. The fourth-order valence-corrected chi connectivity index (χ4v) is 6.19. The van der Waals surface area contributed by atoms with E-state index in [0.29, 0.717) is 34.1 Å². The van der Waals surface area contributed by atoms with E-state index in [1.165, 1.54) is 0 Å². The molecule has 40 heavy (non-hydrogen) atoms. The van der Waals surface area contributed by atoms with E-state index in [-0.39, 0.29) is 11.9 Å². The van der Waals surface area contributed by atoms with Crippen LogP contribution in [-0.4, -0.2) is 66.0 Å². The van der Waals surface area contributed by atoms with Gasteiger partial charge in [-0.3, -0.25) is 14.7 Å². The molecule has 2 aromatic carbocycles. The van der Waals surface area contributed by atoms with E-state index < -0.39 is 0 Å². The minimum Gasteiger partial charge on any atom is -0.338 e. The molecule has 9 heteroatoms. The van der Waals surface area contributed by atoms with Crippen molar-refractivity contribution in [3.05, 3.63) is 87.2 Å². The van der Waals surface area contributed by atoms with Gasteiger partial charge in [-0.15, -0.1) is 0 Å². The third-order valence-electron chi connectivity index (χ3n) is 8.08. The quantitative estimate of drug-likeness (QED) is 0.349. The van der Waals surface area contributed by atoms with Crippen LogP contribution in [0.2, 0.25) is 10.0 Å². The van der Waals surface area contributed by atoms with Gasteiger partial charge in [-0.05, 0) is 99.2 Å². The number of halogens is 2. The van der Waals surface area contributed by atoms with E-state index in [4.69, 9.17) is 23.2 Å². The van der Waals surface area contributed by atoms with E-state index in [0.717, 1.165) is 67.2 Å². The molecule has 0 bridgehead atoms. The third-order valence-corrected chi connectivity index (χ3v) is 8.73. The first-order chi connectivity index (χ1) is 19.2. The molecule has 0 saturated carbocycles. The summed E-state index contributed by atoms with van der Waals surface area (Å²) in [5, 5.41) is 4.22. The molecular weight excluding hydrogens is 545 g/mol. The Hall–Kier alpha value is -3.13. The number of aromatic nitrogens is 1. The number of benzene rings is 2. The second-order valence-electron chi connectivity index (χ2n) is 11.0. The number of carbonyl (C=O) groups excluding carboxylic acids is 2. The molecule has 3 aromatic rings. The number of carbonyl (C=O) groups is 2. The maximum Gasteiger partial charge on any atom is 0.326 e. The first-order valence-electron chi connectivity index (χ1n) is 13.7. The Kier molecular flexibility index (Phi) is 8.64. The van der Waals surface area contributed by atoms with Crippen LogP contribution in [0.4, 0.5) is 16.2 Å². The molecule has 5 rings (SSSR count). The summed E-state index contributed by atoms with van der Waals surface area (Å²) in [6, 6.07) is 14.5. The van der Waals surface area contributed by atoms with Crippen LogP contribution in [0.1, 0.15) is 33.6 Å². The highest BCUT2D eigenvalue weighted by Gasteiger charge is 2.42. The Morgan fingerprint density at radius 3 is 2.30 bits per heavy atom. The molecule has 2 saturated heterocycles. The number of amides is 3. The zero-order valence-electron chi connectivity index (χ0n) is 23.2. The van der Waals surface area contributed by atoms with Crippen LogP contribution in [0.25, 0.3) is 0 Å². The van der Waals surface area contributed by atoms with Crippen LogP contribution in [-0.2, 0) is 0 Å². The summed E-state index contributed by atoms with van der Waals surface area (Å²) in [5.41, 5.74) is 4.93. The largest absolute Gasteiger partial charge is 0.338 e. The summed E-state index contributed by atoms with van der Waals surface area (Å²) >= 11 is 12.4. The van der Waals surface area contributed by atoms with E-state index in [9.17, 15) is 9.59 Å². The number of urea groups is 1. The van der Waals surface area contributed by atoms with E-state index in [2.05, 4.69) is 15.2 Å². The standard InChI is InChI=1S/C31H35Cl2N5O2/c1-20-5-10-27(15-28(20)33)38(31(40)35-26-8-6-25(32)7-9-26)14-4-13-36-16-23-18-37(19-24(23)17-36)30(39)29-21(2)11-12-34-22(29)3/h5-12,15,23-24H,4,13-14,16-19H2,1-3H3,(H,35,40). The molecule has 0 spiro atoms. The number of aryl methyl sites for hydroxylation is 3. The van der Waals surface area contributed by atoms with Crippen LogP contribution in [0.15, 0.2) is 54.7 Å². The average molecular weight is 581 g/mol. The van der Waals surface area contributed by atoms with Gasteiger partial charge < -0.3 is 15.1 Å². The molecule has 0 radical (unpaired) electrons. The monoisotopic (exact) mass is 579 g/mol. The van der Waals surface area contributed by atoms with Gasteiger partial charge in [0.05, 0.1) is 11.3 Å². The molecule has 210 valence electrons. The van der Waals surface area contributed by atoms with Crippen molar-refractivity contribution in [1.82, 2.24) is 14.8 Å². The number of hydrogen-bond donors (Lipinski definition) is 1. The van der Waals surface area contributed by atoms with Crippen molar-refractivity contribution in [3.8, 4) is 0 Å². The predicted molar refractivity (Wildman–Crippen MR) is 162 cm³/mol. The zero-order chi connectivity index (χ0) is 28.4. The van der Waals surface area contributed by atoms with Gasteiger partial charge in [0, 0.05) is 60.3 Å². The van der Waals surface area contributed by atoms with Crippen LogP contribution in [0, 0.1) is 32.6 Å². The van der Waals surface area contributed by atoms with Gasteiger partial charge in [0.1, 0.15) is 0 Å². The summed E-state index contributed by atoms with van der Waals surface area (Å²) < 4.78 is 0. The molecule has 1 aromatic heterocycles. The fraction of sp³-hybridized carbons (Fsp3) is 0.387. The lowest BCUT2D eigenvalue weighted by molar-refractivity contribution is 0.0772.